The summed E-state index contributed by atoms with van der Waals surface area (Å²) in [5.41, 5.74) is -0.344. The first-order valence-corrected chi connectivity index (χ1v) is 6.79. The third-order valence-electron chi connectivity index (χ3n) is 4.49. The van der Waals surface area contributed by atoms with Gasteiger partial charge in [-0.25, -0.2) is 4.98 Å². The van der Waals surface area contributed by atoms with Crippen molar-refractivity contribution in [1.29, 1.82) is 0 Å². The van der Waals surface area contributed by atoms with E-state index in [2.05, 4.69) is 4.98 Å². The maximum Gasteiger partial charge on any atom is 0.276 e. The number of aromatic hydroxyl groups is 1. The molecule has 102 valence electrons. The first-order valence-electron chi connectivity index (χ1n) is 6.79. The second kappa shape index (κ2) is 4.49. The van der Waals surface area contributed by atoms with E-state index in [1.54, 1.807) is 11.0 Å². The maximum atomic E-state index is 12.6. The smallest absolute Gasteiger partial charge is 0.276 e. The highest BCUT2D eigenvalue weighted by Crippen LogP contribution is 2.44. The van der Waals surface area contributed by atoms with Crippen molar-refractivity contribution < 1.29 is 15.0 Å². The van der Waals surface area contributed by atoms with Gasteiger partial charge in [0, 0.05) is 12.7 Å². The van der Waals surface area contributed by atoms with Crippen LogP contribution in [0.2, 0.25) is 0 Å². The fraction of sp³-hybridized carbons (Fsp3) is 0.571. The molecule has 1 aliphatic heterocycles. The van der Waals surface area contributed by atoms with E-state index in [-0.39, 0.29) is 17.4 Å². The molecule has 1 aromatic heterocycles. The Balaban J connectivity index is 1.94. The molecule has 1 saturated heterocycles. The molecule has 1 atom stereocenters. The highest BCUT2D eigenvalue weighted by Gasteiger charge is 2.52. The van der Waals surface area contributed by atoms with Crippen molar-refractivity contribution in [2.75, 3.05) is 6.54 Å². The number of pyridine rings is 1. The number of hydrogen-bond donors (Lipinski definition) is 2. The zero-order valence-electron chi connectivity index (χ0n) is 10.7. The molecule has 1 amide bonds. The molecule has 1 saturated carbocycles. The third kappa shape index (κ3) is 1.80. The zero-order chi connectivity index (χ0) is 13.5. The van der Waals surface area contributed by atoms with Crippen LogP contribution >= 0.6 is 0 Å². The number of likely N-dealkylation sites (tertiary alicyclic amines) is 1. The van der Waals surface area contributed by atoms with Gasteiger partial charge in [-0.1, -0.05) is 12.8 Å². The summed E-state index contributed by atoms with van der Waals surface area (Å²) in [5.74, 6) is -0.362. The first kappa shape index (κ1) is 12.4. The van der Waals surface area contributed by atoms with Crippen LogP contribution in [0.4, 0.5) is 0 Å². The zero-order valence-corrected chi connectivity index (χ0v) is 10.7. The number of aliphatic hydroxyl groups excluding tert-OH is 1. The summed E-state index contributed by atoms with van der Waals surface area (Å²) < 4.78 is 0. The predicted octanol–water partition coefficient (Wildman–Crippen LogP) is 1.31. The topological polar surface area (TPSA) is 73.7 Å². The molecule has 2 aliphatic rings. The van der Waals surface area contributed by atoms with E-state index < -0.39 is 11.6 Å². The van der Waals surface area contributed by atoms with E-state index >= 15 is 0 Å². The van der Waals surface area contributed by atoms with Crippen LogP contribution in [0.1, 0.15) is 42.6 Å². The lowest BCUT2D eigenvalue weighted by Crippen LogP contribution is -2.51. The van der Waals surface area contributed by atoms with E-state index in [1.807, 2.05) is 0 Å². The van der Waals surface area contributed by atoms with Gasteiger partial charge >= 0.3 is 0 Å². The highest BCUT2D eigenvalue weighted by molar-refractivity contribution is 5.95. The van der Waals surface area contributed by atoms with Crippen LogP contribution in [-0.2, 0) is 0 Å². The number of aromatic nitrogens is 1. The van der Waals surface area contributed by atoms with E-state index in [1.165, 1.54) is 12.3 Å². The van der Waals surface area contributed by atoms with Crippen LogP contribution in [0.5, 0.6) is 5.75 Å². The van der Waals surface area contributed by atoms with Gasteiger partial charge in [-0.2, -0.15) is 0 Å². The van der Waals surface area contributed by atoms with Gasteiger partial charge in [0.05, 0.1) is 11.6 Å². The molecule has 2 N–H and O–H groups in total. The number of carbonyl (C=O) groups is 1. The van der Waals surface area contributed by atoms with Gasteiger partial charge in [0.25, 0.3) is 5.91 Å². The molecule has 1 aliphatic carbocycles. The van der Waals surface area contributed by atoms with Crippen LogP contribution in [0, 0.1) is 0 Å². The number of rotatable bonds is 1. The van der Waals surface area contributed by atoms with Gasteiger partial charge in [-0.05, 0) is 31.4 Å². The number of nitrogens with zero attached hydrogens (tertiary/aromatic N) is 2. The lowest BCUT2D eigenvalue weighted by molar-refractivity contribution is 0.0254. The molecule has 0 bridgehead atoms. The van der Waals surface area contributed by atoms with Crippen molar-refractivity contribution in [3.63, 3.8) is 0 Å². The third-order valence-corrected chi connectivity index (χ3v) is 4.49. The minimum atomic E-state index is -0.454. The molecule has 5 nitrogen and oxygen atoms in total. The molecule has 2 fully saturated rings. The molecule has 2 heterocycles. The molecular formula is C14H18N2O3. The molecule has 1 unspecified atom stereocenters. The average Bonchev–Trinajstić information content (AvgIpc) is 3.00. The second-order valence-corrected chi connectivity index (χ2v) is 5.44. The average molecular weight is 262 g/mol. The van der Waals surface area contributed by atoms with Gasteiger partial charge in [-0.3, -0.25) is 4.79 Å². The Labute approximate surface area is 111 Å². The first-order chi connectivity index (χ1) is 9.15. The van der Waals surface area contributed by atoms with E-state index in [9.17, 15) is 15.0 Å². The SMILES string of the molecule is O=C(c1ncccc1O)N1CCC(O)C12CCCC2. The quantitative estimate of drug-likeness (QED) is 0.800. The summed E-state index contributed by atoms with van der Waals surface area (Å²) in [4.78, 5) is 18.3. The summed E-state index contributed by atoms with van der Waals surface area (Å²) in [7, 11) is 0. The molecule has 3 rings (SSSR count). The van der Waals surface area contributed by atoms with Crippen molar-refractivity contribution in [1.82, 2.24) is 9.88 Å². The summed E-state index contributed by atoms with van der Waals surface area (Å²) in [6.45, 7) is 0.538. The Morgan fingerprint density at radius 2 is 2.16 bits per heavy atom. The molecule has 5 heteroatoms. The largest absolute Gasteiger partial charge is 0.505 e. The Bertz CT molecular complexity index is 497. The van der Waals surface area contributed by atoms with Crippen LogP contribution in [0.15, 0.2) is 18.3 Å². The number of hydrogen-bond acceptors (Lipinski definition) is 4. The molecule has 19 heavy (non-hydrogen) atoms. The fourth-order valence-electron chi connectivity index (χ4n) is 3.51. The monoisotopic (exact) mass is 262 g/mol. The number of aliphatic hydroxyl groups is 1. The van der Waals surface area contributed by atoms with Crippen LogP contribution in [0.25, 0.3) is 0 Å². The standard InChI is InChI=1S/C14H18N2O3/c17-10-4-3-8-15-12(10)13(19)16-9-5-11(18)14(16)6-1-2-7-14/h3-4,8,11,17-18H,1-2,5-7,9H2. The van der Waals surface area contributed by atoms with Crippen LogP contribution in [-0.4, -0.2) is 44.2 Å². The lowest BCUT2D eigenvalue weighted by atomic mass is 9.91. The molecular weight excluding hydrogens is 244 g/mol. The summed E-state index contributed by atoms with van der Waals surface area (Å²) in [6, 6.07) is 3.06. The Morgan fingerprint density at radius 1 is 1.42 bits per heavy atom. The van der Waals surface area contributed by atoms with Crippen molar-refractivity contribution in [2.45, 2.75) is 43.7 Å². The predicted molar refractivity (Wildman–Crippen MR) is 68.8 cm³/mol. The van der Waals surface area contributed by atoms with Crippen molar-refractivity contribution in [3.8, 4) is 5.75 Å². The number of amides is 1. The summed E-state index contributed by atoms with van der Waals surface area (Å²) in [5, 5.41) is 20.0. The fourth-order valence-corrected chi connectivity index (χ4v) is 3.51. The summed E-state index contributed by atoms with van der Waals surface area (Å²) >= 11 is 0. The van der Waals surface area contributed by atoms with Gasteiger partial charge in [0.1, 0.15) is 5.75 Å². The molecule has 0 radical (unpaired) electrons. The van der Waals surface area contributed by atoms with Crippen LogP contribution in [0.3, 0.4) is 0 Å². The summed E-state index contributed by atoms with van der Waals surface area (Å²) in [6.07, 6.45) is 5.41. The Kier molecular flexibility index (Phi) is 2.93. The van der Waals surface area contributed by atoms with Crippen molar-refractivity contribution in [2.24, 2.45) is 0 Å². The van der Waals surface area contributed by atoms with Crippen LogP contribution < -0.4 is 0 Å². The van der Waals surface area contributed by atoms with Gasteiger partial charge < -0.3 is 15.1 Å². The van der Waals surface area contributed by atoms with E-state index in [0.717, 1.165) is 25.7 Å². The molecule has 1 spiro atoms. The van der Waals surface area contributed by atoms with Gasteiger partial charge in [0.15, 0.2) is 5.69 Å². The number of carbonyl (C=O) groups excluding carboxylic acids is 1. The minimum absolute atomic E-state index is 0.0860. The van der Waals surface area contributed by atoms with Gasteiger partial charge in [0.2, 0.25) is 0 Å². The van der Waals surface area contributed by atoms with E-state index in [0.29, 0.717) is 13.0 Å². The molecule has 1 aromatic rings. The van der Waals surface area contributed by atoms with E-state index in [4.69, 9.17) is 0 Å². The maximum absolute atomic E-state index is 12.6. The Hall–Kier alpha value is -1.62. The second-order valence-electron chi connectivity index (χ2n) is 5.44. The van der Waals surface area contributed by atoms with Gasteiger partial charge in [-0.15, -0.1) is 0 Å². The minimum Gasteiger partial charge on any atom is -0.505 e. The Morgan fingerprint density at radius 3 is 2.84 bits per heavy atom. The van der Waals surface area contributed by atoms with Crippen molar-refractivity contribution >= 4 is 5.91 Å². The lowest BCUT2D eigenvalue weighted by Gasteiger charge is -2.37. The molecule has 0 aromatic carbocycles. The normalized spacial score (nSPS) is 25.1. The highest BCUT2D eigenvalue weighted by atomic mass is 16.3. The van der Waals surface area contributed by atoms with Crippen molar-refractivity contribution in [3.05, 3.63) is 24.0 Å².